The highest BCUT2D eigenvalue weighted by Crippen LogP contribution is 2.23. The van der Waals surface area contributed by atoms with Gasteiger partial charge in [0, 0.05) is 23.6 Å². The first kappa shape index (κ1) is 13.1. The smallest absolute Gasteiger partial charge is 0.272 e. The molecular formula is C15H14N4O2. The van der Waals surface area contributed by atoms with Gasteiger partial charge < -0.3 is 5.32 Å². The largest absolute Gasteiger partial charge is 0.379 e. The van der Waals surface area contributed by atoms with Gasteiger partial charge in [0.15, 0.2) is 0 Å². The molecule has 2 N–H and O–H groups in total. The predicted octanol–water partition coefficient (Wildman–Crippen LogP) is 3.39. The predicted molar refractivity (Wildman–Crippen MR) is 81.3 cm³/mol. The van der Waals surface area contributed by atoms with Gasteiger partial charge in [0.05, 0.1) is 22.3 Å². The fraction of sp³-hybridized carbons (Fsp3) is 0.133. The van der Waals surface area contributed by atoms with Crippen LogP contribution >= 0.6 is 0 Å². The first-order valence-corrected chi connectivity index (χ1v) is 6.55. The number of hydrogen-bond donors (Lipinski definition) is 2. The van der Waals surface area contributed by atoms with Crippen LogP contribution in [-0.2, 0) is 6.54 Å². The van der Waals surface area contributed by atoms with Crippen LogP contribution in [0.4, 0.5) is 11.4 Å². The fourth-order valence-corrected chi connectivity index (χ4v) is 2.28. The molecule has 0 aliphatic carbocycles. The Morgan fingerprint density at radius 2 is 2.19 bits per heavy atom. The SMILES string of the molecule is Cc1ccc(CNc2cccc3cn[nH]c23)cc1[N+](=O)[O-]. The van der Waals surface area contributed by atoms with Crippen LogP contribution in [0.5, 0.6) is 0 Å². The van der Waals surface area contributed by atoms with Gasteiger partial charge in [-0.2, -0.15) is 5.10 Å². The summed E-state index contributed by atoms with van der Waals surface area (Å²) in [6, 6.07) is 11.1. The topological polar surface area (TPSA) is 83.8 Å². The van der Waals surface area contributed by atoms with E-state index in [0.717, 1.165) is 22.2 Å². The standard InChI is InChI=1S/C15H14N4O2/c1-10-5-6-11(7-14(10)19(20)21)8-16-13-4-2-3-12-9-17-18-15(12)13/h2-7,9,16H,8H2,1H3,(H,17,18). The Balaban J connectivity index is 1.83. The van der Waals surface area contributed by atoms with Gasteiger partial charge >= 0.3 is 0 Å². The van der Waals surface area contributed by atoms with Gasteiger partial charge in [-0.1, -0.05) is 24.3 Å². The zero-order valence-electron chi connectivity index (χ0n) is 11.5. The Morgan fingerprint density at radius 1 is 1.33 bits per heavy atom. The van der Waals surface area contributed by atoms with Gasteiger partial charge in [-0.25, -0.2) is 0 Å². The highest BCUT2D eigenvalue weighted by Gasteiger charge is 2.11. The second kappa shape index (κ2) is 5.24. The number of aromatic amines is 1. The molecule has 2 aromatic carbocycles. The summed E-state index contributed by atoms with van der Waals surface area (Å²) in [5.41, 5.74) is 3.53. The van der Waals surface area contributed by atoms with Crippen molar-refractivity contribution < 1.29 is 4.92 Å². The van der Waals surface area contributed by atoms with E-state index >= 15 is 0 Å². The van der Waals surface area contributed by atoms with Crippen LogP contribution in [-0.4, -0.2) is 15.1 Å². The molecule has 1 aromatic heterocycles. The molecule has 0 unspecified atom stereocenters. The average Bonchev–Trinajstić information content (AvgIpc) is 2.95. The van der Waals surface area contributed by atoms with Crippen molar-refractivity contribution >= 4 is 22.3 Å². The summed E-state index contributed by atoms with van der Waals surface area (Å²) in [6.45, 7) is 2.25. The molecule has 0 amide bonds. The van der Waals surface area contributed by atoms with E-state index in [9.17, 15) is 10.1 Å². The molecule has 0 aliphatic heterocycles. The van der Waals surface area contributed by atoms with E-state index < -0.39 is 0 Å². The lowest BCUT2D eigenvalue weighted by molar-refractivity contribution is -0.385. The maximum Gasteiger partial charge on any atom is 0.272 e. The van der Waals surface area contributed by atoms with E-state index in [-0.39, 0.29) is 10.6 Å². The first-order valence-electron chi connectivity index (χ1n) is 6.55. The Bertz CT molecular complexity index is 810. The molecule has 3 rings (SSSR count). The first-order chi connectivity index (χ1) is 10.1. The number of rotatable bonds is 4. The van der Waals surface area contributed by atoms with E-state index in [2.05, 4.69) is 15.5 Å². The maximum absolute atomic E-state index is 11.0. The van der Waals surface area contributed by atoms with Crippen molar-refractivity contribution in [2.45, 2.75) is 13.5 Å². The molecule has 6 nitrogen and oxygen atoms in total. The molecule has 3 aromatic rings. The molecule has 106 valence electrons. The van der Waals surface area contributed by atoms with Crippen LogP contribution in [0, 0.1) is 17.0 Å². The van der Waals surface area contributed by atoms with Gasteiger partial charge in [0.25, 0.3) is 5.69 Å². The van der Waals surface area contributed by atoms with Gasteiger partial charge in [0.2, 0.25) is 0 Å². The van der Waals surface area contributed by atoms with E-state index in [1.54, 1.807) is 25.3 Å². The van der Waals surface area contributed by atoms with Gasteiger partial charge in [-0.15, -0.1) is 0 Å². The number of hydrogen-bond acceptors (Lipinski definition) is 4. The maximum atomic E-state index is 11.0. The van der Waals surface area contributed by atoms with Crippen LogP contribution < -0.4 is 5.32 Å². The van der Waals surface area contributed by atoms with E-state index in [0.29, 0.717) is 12.1 Å². The Morgan fingerprint density at radius 3 is 3.00 bits per heavy atom. The van der Waals surface area contributed by atoms with Crippen molar-refractivity contribution in [3.8, 4) is 0 Å². The summed E-state index contributed by atoms with van der Waals surface area (Å²) in [5.74, 6) is 0. The van der Waals surface area contributed by atoms with Crippen LogP contribution in [0.3, 0.4) is 0 Å². The van der Waals surface area contributed by atoms with Crippen molar-refractivity contribution in [3.05, 3.63) is 63.8 Å². The monoisotopic (exact) mass is 282 g/mol. The van der Waals surface area contributed by atoms with Gasteiger partial charge in [0.1, 0.15) is 0 Å². The molecule has 0 spiro atoms. The number of aromatic nitrogens is 2. The number of nitrogens with one attached hydrogen (secondary N) is 2. The summed E-state index contributed by atoms with van der Waals surface area (Å²) in [4.78, 5) is 10.6. The lowest BCUT2D eigenvalue weighted by Crippen LogP contribution is -2.01. The fourth-order valence-electron chi connectivity index (χ4n) is 2.28. The number of anilines is 1. The van der Waals surface area contributed by atoms with Crippen LogP contribution in [0.2, 0.25) is 0 Å². The highest BCUT2D eigenvalue weighted by molar-refractivity contribution is 5.89. The summed E-state index contributed by atoms with van der Waals surface area (Å²) < 4.78 is 0. The number of nitro benzene ring substituents is 1. The zero-order chi connectivity index (χ0) is 14.8. The highest BCUT2D eigenvalue weighted by atomic mass is 16.6. The number of nitrogens with zero attached hydrogens (tertiary/aromatic N) is 2. The van der Waals surface area contributed by atoms with Gasteiger partial charge in [-0.3, -0.25) is 15.2 Å². The molecule has 0 aliphatic rings. The number of H-pyrrole nitrogens is 1. The number of nitro groups is 1. The Labute approximate surface area is 121 Å². The van der Waals surface area contributed by atoms with Crippen molar-refractivity contribution in [1.82, 2.24) is 10.2 Å². The summed E-state index contributed by atoms with van der Waals surface area (Å²) in [6.07, 6.45) is 1.76. The van der Waals surface area contributed by atoms with Crippen LogP contribution in [0.1, 0.15) is 11.1 Å². The van der Waals surface area contributed by atoms with E-state index in [1.165, 1.54) is 0 Å². The molecule has 0 radical (unpaired) electrons. The quantitative estimate of drug-likeness (QED) is 0.567. The van der Waals surface area contributed by atoms with Crippen molar-refractivity contribution in [2.24, 2.45) is 0 Å². The number of aryl methyl sites for hydroxylation is 1. The van der Waals surface area contributed by atoms with E-state index in [4.69, 9.17) is 0 Å². The number of para-hydroxylation sites is 1. The molecule has 1 heterocycles. The number of benzene rings is 2. The van der Waals surface area contributed by atoms with Crippen molar-refractivity contribution in [1.29, 1.82) is 0 Å². The van der Waals surface area contributed by atoms with Gasteiger partial charge in [-0.05, 0) is 18.6 Å². The van der Waals surface area contributed by atoms with Crippen LogP contribution in [0.15, 0.2) is 42.6 Å². The second-order valence-corrected chi connectivity index (χ2v) is 4.87. The minimum absolute atomic E-state index is 0.147. The third kappa shape index (κ3) is 2.55. The van der Waals surface area contributed by atoms with Crippen molar-refractivity contribution in [3.63, 3.8) is 0 Å². The second-order valence-electron chi connectivity index (χ2n) is 4.87. The van der Waals surface area contributed by atoms with Crippen LogP contribution in [0.25, 0.3) is 10.9 Å². The summed E-state index contributed by atoms with van der Waals surface area (Å²) >= 11 is 0. The Kier molecular flexibility index (Phi) is 3.27. The molecule has 0 saturated heterocycles. The average molecular weight is 282 g/mol. The lowest BCUT2D eigenvalue weighted by atomic mass is 10.1. The molecular weight excluding hydrogens is 268 g/mol. The molecule has 21 heavy (non-hydrogen) atoms. The normalized spacial score (nSPS) is 10.7. The molecule has 0 saturated carbocycles. The molecule has 0 atom stereocenters. The lowest BCUT2D eigenvalue weighted by Gasteiger charge is -2.08. The van der Waals surface area contributed by atoms with Crippen molar-refractivity contribution in [2.75, 3.05) is 5.32 Å². The Hall–Kier alpha value is -2.89. The molecule has 0 fully saturated rings. The summed E-state index contributed by atoms with van der Waals surface area (Å²) in [7, 11) is 0. The third-order valence-electron chi connectivity index (χ3n) is 3.43. The molecule has 6 heteroatoms. The third-order valence-corrected chi connectivity index (χ3v) is 3.43. The van der Waals surface area contributed by atoms with E-state index in [1.807, 2.05) is 24.3 Å². The molecule has 0 bridgehead atoms. The summed E-state index contributed by atoms with van der Waals surface area (Å²) in [5, 5.41) is 22.2. The minimum atomic E-state index is -0.353. The number of fused-ring (bicyclic) bond motifs is 1. The zero-order valence-corrected chi connectivity index (χ0v) is 11.5. The minimum Gasteiger partial charge on any atom is -0.379 e.